The van der Waals surface area contributed by atoms with Gasteiger partial charge in [0.25, 0.3) is 11.8 Å². The molecule has 0 aliphatic carbocycles. The third-order valence-corrected chi connectivity index (χ3v) is 6.07. The molecule has 2 aromatic rings. The van der Waals surface area contributed by atoms with Crippen molar-refractivity contribution in [1.29, 1.82) is 0 Å². The molecule has 1 N–H and O–H groups in total. The quantitative estimate of drug-likeness (QED) is 0.586. The van der Waals surface area contributed by atoms with E-state index < -0.39 is 0 Å². The lowest BCUT2D eigenvalue weighted by molar-refractivity contribution is -0.137. The van der Waals surface area contributed by atoms with Crippen LogP contribution in [0.2, 0.25) is 10.0 Å². The summed E-state index contributed by atoms with van der Waals surface area (Å²) in [4.78, 5) is 30.1. The van der Waals surface area contributed by atoms with Crippen molar-refractivity contribution in [3.05, 3.63) is 63.8 Å². The monoisotopic (exact) mass is 457 g/mol. The Kier molecular flexibility index (Phi) is 6.26. The molecule has 1 saturated heterocycles. The molecule has 2 aromatic carbocycles. The molecule has 2 amide bonds. The SMILES string of the molecule is CC(C)CN1C(=O)C(Nc2ccc(N3CCCC3)cc2)=C(c2ccc(Cl)cc2Cl)C1=O. The molecule has 0 spiro atoms. The summed E-state index contributed by atoms with van der Waals surface area (Å²) in [7, 11) is 0. The summed E-state index contributed by atoms with van der Waals surface area (Å²) >= 11 is 12.4. The summed E-state index contributed by atoms with van der Waals surface area (Å²) in [5.41, 5.74) is 2.91. The molecule has 2 aliphatic rings. The molecular weight excluding hydrogens is 433 g/mol. The minimum Gasteiger partial charge on any atom is -0.372 e. The lowest BCUT2D eigenvalue weighted by atomic mass is 10.0. The number of anilines is 2. The Morgan fingerprint density at radius 1 is 0.968 bits per heavy atom. The molecule has 0 saturated carbocycles. The number of hydrogen-bond donors (Lipinski definition) is 1. The molecule has 0 radical (unpaired) electrons. The zero-order valence-corrected chi connectivity index (χ0v) is 19.1. The largest absolute Gasteiger partial charge is 0.372 e. The third kappa shape index (κ3) is 4.43. The topological polar surface area (TPSA) is 52.7 Å². The number of rotatable bonds is 6. The van der Waals surface area contributed by atoms with Crippen molar-refractivity contribution in [2.45, 2.75) is 26.7 Å². The second-order valence-electron chi connectivity index (χ2n) is 8.35. The number of nitrogens with one attached hydrogen (secondary N) is 1. The van der Waals surface area contributed by atoms with E-state index >= 15 is 0 Å². The standard InChI is InChI=1S/C24H25Cl2N3O2/c1-15(2)14-29-23(30)21(19-10-5-16(25)13-20(19)26)22(24(29)31)27-17-6-8-18(9-7-17)28-11-3-4-12-28/h5-10,13,15,27H,3-4,11-12,14H2,1-2H3. The first kappa shape index (κ1) is 21.7. The van der Waals surface area contributed by atoms with E-state index in [0.717, 1.165) is 24.5 Å². The van der Waals surface area contributed by atoms with E-state index in [4.69, 9.17) is 23.2 Å². The lowest BCUT2D eigenvalue weighted by Crippen LogP contribution is -2.35. The molecular formula is C24H25Cl2N3O2. The zero-order chi connectivity index (χ0) is 22.1. The molecule has 0 unspecified atom stereocenters. The molecule has 7 heteroatoms. The van der Waals surface area contributed by atoms with Crippen LogP contribution in [0.1, 0.15) is 32.3 Å². The Hall–Kier alpha value is -2.50. The molecule has 4 rings (SSSR count). The molecule has 2 heterocycles. The minimum absolute atomic E-state index is 0.147. The number of carbonyl (C=O) groups excluding carboxylic acids is 2. The minimum atomic E-state index is -0.348. The Balaban J connectivity index is 1.70. The van der Waals surface area contributed by atoms with E-state index in [1.165, 1.54) is 17.7 Å². The first-order valence-corrected chi connectivity index (χ1v) is 11.3. The van der Waals surface area contributed by atoms with Crippen LogP contribution in [-0.4, -0.2) is 36.3 Å². The lowest BCUT2D eigenvalue weighted by Gasteiger charge is -2.18. The van der Waals surface area contributed by atoms with Crippen molar-refractivity contribution in [1.82, 2.24) is 4.90 Å². The number of carbonyl (C=O) groups is 2. The number of halogens is 2. The average Bonchev–Trinajstić information content (AvgIpc) is 3.33. The highest BCUT2D eigenvalue weighted by molar-refractivity contribution is 6.41. The summed E-state index contributed by atoms with van der Waals surface area (Å²) in [5.74, 6) is -0.545. The van der Waals surface area contributed by atoms with Crippen molar-refractivity contribution in [3.63, 3.8) is 0 Å². The number of hydrogen-bond acceptors (Lipinski definition) is 4. The van der Waals surface area contributed by atoms with Crippen LogP contribution in [0.15, 0.2) is 48.2 Å². The molecule has 0 bridgehead atoms. The van der Waals surface area contributed by atoms with Crippen molar-refractivity contribution in [2.24, 2.45) is 5.92 Å². The van der Waals surface area contributed by atoms with Crippen LogP contribution in [0.4, 0.5) is 11.4 Å². The Morgan fingerprint density at radius 2 is 1.65 bits per heavy atom. The molecule has 5 nitrogen and oxygen atoms in total. The molecule has 2 aliphatic heterocycles. The van der Waals surface area contributed by atoms with E-state index in [2.05, 4.69) is 10.2 Å². The maximum absolute atomic E-state index is 13.2. The van der Waals surface area contributed by atoms with Gasteiger partial charge in [-0.3, -0.25) is 14.5 Å². The van der Waals surface area contributed by atoms with Crippen LogP contribution in [-0.2, 0) is 9.59 Å². The van der Waals surface area contributed by atoms with Crippen molar-refractivity contribution < 1.29 is 9.59 Å². The van der Waals surface area contributed by atoms with Gasteiger partial charge in [-0.1, -0.05) is 43.1 Å². The Morgan fingerprint density at radius 3 is 2.26 bits per heavy atom. The second-order valence-corrected chi connectivity index (χ2v) is 9.20. The van der Waals surface area contributed by atoms with Gasteiger partial charge in [-0.25, -0.2) is 0 Å². The number of imide groups is 1. The summed E-state index contributed by atoms with van der Waals surface area (Å²) in [6.07, 6.45) is 2.42. The van der Waals surface area contributed by atoms with Gasteiger partial charge in [0.05, 0.1) is 10.6 Å². The fourth-order valence-corrected chi connectivity index (χ4v) is 4.54. The van der Waals surface area contributed by atoms with Crippen molar-refractivity contribution in [2.75, 3.05) is 29.9 Å². The average molecular weight is 458 g/mol. The van der Waals surface area contributed by atoms with E-state index in [1.54, 1.807) is 18.2 Å². The molecule has 0 atom stereocenters. The second kappa shape index (κ2) is 8.93. The number of benzene rings is 2. The highest BCUT2D eigenvalue weighted by atomic mass is 35.5. The summed E-state index contributed by atoms with van der Waals surface area (Å²) < 4.78 is 0. The van der Waals surface area contributed by atoms with Crippen LogP contribution in [0.3, 0.4) is 0 Å². The predicted octanol–water partition coefficient (Wildman–Crippen LogP) is 5.44. The van der Waals surface area contributed by atoms with Gasteiger partial charge in [0.15, 0.2) is 0 Å². The number of amides is 2. The first-order valence-electron chi connectivity index (χ1n) is 10.5. The van der Waals surface area contributed by atoms with Crippen LogP contribution in [0.5, 0.6) is 0 Å². The molecule has 1 fully saturated rings. The van der Waals surface area contributed by atoms with E-state index in [0.29, 0.717) is 22.2 Å². The van der Waals surface area contributed by atoms with Crippen LogP contribution >= 0.6 is 23.2 Å². The van der Waals surface area contributed by atoms with Gasteiger partial charge in [-0.05, 0) is 55.2 Å². The Labute approximate surface area is 192 Å². The highest BCUT2D eigenvalue weighted by Crippen LogP contribution is 2.36. The third-order valence-electron chi connectivity index (χ3n) is 5.52. The maximum atomic E-state index is 13.2. The summed E-state index contributed by atoms with van der Waals surface area (Å²) in [5, 5.41) is 3.99. The van der Waals surface area contributed by atoms with Gasteiger partial charge in [-0.15, -0.1) is 0 Å². The maximum Gasteiger partial charge on any atom is 0.278 e. The van der Waals surface area contributed by atoms with Crippen molar-refractivity contribution in [3.8, 4) is 0 Å². The first-order chi connectivity index (χ1) is 14.8. The van der Waals surface area contributed by atoms with Crippen LogP contribution in [0, 0.1) is 5.92 Å². The zero-order valence-electron chi connectivity index (χ0n) is 17.6. The summed E-state index contributed by atoms with van der Waals surface area (Å²) in [6.45, 7) is 6.41. The number of nitrogens with zero attached hydrogens (tertiary/aromatic N) is 2. The molecule has 31 heavy (non-hydrogen) atoms. The summed E-state index contributed by atoms with van der Waals surface area (Å²) in [6, 6.07) is 12.9. The Bertz CT molecular complexity index is 1040. The van der Waals surface area contributed by atoms with E-state index in [-0.39, 0.29) is 29.0 Å². The van der Waals surface area contributed by atoms with Crippen LogP contribution < -0.4 is 10.2 Å². The van der Waals surface area contributed by atoms with Crippen molar-refractivity contribution >= 4 is 52.0 Å². The van der Waals surface area contributed by atoms with Gasteiger partial charge < -0.3 is 10.2 Å². The molecule has 0 aromatic heterocycles. The van der Waals surface area contributed by atoms with Gasteiger partial charge in [0.1, 0.15) is 5.70 Å². The van der Waals surface area contributed by atoms with Gasteiger partial charge >= 0.3 is 0 Å². The van der Waals surface area contributed by atoms with Gasteiger partial charge in [-0.2, -0.15) is 0 Å². The smallest absolute Gasteiger partial charge is 0.278 e. The van der Waals surface area contributed by atoms with E-state index in [9.17, 15) is 9.59 Å². The van der Waals surface area contributed by atoms with Gasteiger partial charge in [0, 0.05) is 41.6 Å². The fourth-order valence-electron chi connectivity index (χ4n) is 4.04. The van der Waals surface area contributed by atoms with Gasteiger partial charge in [0.2, 0.25) is 0 Å². The van der Waals surface area contributed by atoms with E-state index in [1.807, 2.05) is 38.1 Å². The normalized spacial score (nSPS) is 16.8. The fraction of sp³-hybridized carbons (Fsp3) is 0.333. The highest BCUT2D eigenvalue weighted by Gasteiger charge is 2.40. The van der Waals surface area contributed by atoms with Crippen LogP contribution in [0.25, 0.3) is 5.57 Å². The predicted molar refractivity (Wildman–Crippen MR) is 126 cm³/mol. The molecule has 162 valence electrons.